The fourth-order valence-electron chi connectivity index (χ4n) is 2.37. The van der Waals surface area contributed by atoms with Gasteiger partial charge < -0.3 is 10.5 Å². The lowest BCUT2D eigenvalue weighted by atomic mass is 10.1. The van der Waals surface area contributed by atoms with Gasteiger partial charge in [-0.05, 0) is 60.0 Å². The van der Waals surface area contributed by atoms with Crippen molar-refractivity contribution in [1.82, 2.24) is 9.55 Å². The molecule has 0 saturated heterocycles. The Morgan fingerprint density at radius 2 is 2.09 bits per heavy atom. The van der Waals surface area contributed by atoms with Crippen LogP contribution in [0.5, 0.6) is 5.88 Å². The standard InChI is InChI=1S/C16H19BrFN3O2/c1-9(2)21-10(3)20-15(14(17)16(21)22)23-8-11-4-5-13(18)6-12(11)7-19/h4-6,9H,7-8,19H2,1-3H3. The molecule has 2 rings (SSSR count). The van der Waals surface area contributed by atoms with Crippen LogP contribution in [0, 0.1) is 12.7 Å². The summed E-state index contributed by atoms with van der Waals surface area (Å²) >= 11 is 3.25. The van der Waals surface area contributed by atoms with Gasteiger partial charge in [0.1, 0.15) is 22.7 Å². The highest BCUT2D eigenvalue weighted by molar-refractivity contribution is 9.10. The Balaban J connectivity index is 2.30. The highest BCUT2D eigenvalue weighted by Gasteiger charge is 2.16. The molecule has 0 atom stereocenters. The van der Waals surface area contributed by atoms with Gasteiger partial charge in [0.2, 0.25) is 5.88 Å². The second kappa shape index (κ2) is 7.23. The number of hydrogen-bond donors (Lipinski definition) is 1. The van der Waals surface area contributed by atoms with Crippen molar-refractivity contribution in [2.75, 3.05) is 0 Å². The van der Waals surface area contributed by atoms with Gasteiger partial charge >= 0.3 is 0 Å². The lowest BCUT2D eigenvalue weighted by Crippen LogP contribution is -2.26. The number of hydrogen-bond acceptors (Lipinski definition) is 4. The quantitative estimate of drug-likeness (QED) is 0.860. The maximum atomic E-state index is 13.2. The zero-order valence-corrected chi connectivity index (χ0v) is 14.9. The molecule has 124 valence electrons. The van der Waals surface area contributed by atoms with Gasteiger partial charge in [-0.2, -0.15) is 4.98 Å². The molecule has 2 aromatic rings. The van der Waals surface area contributed by atoms with Gasteiger partial charge in [0.15, 0.2) is 0 Å². The Labute approximate surface area is 142 Å². The lowest BCUT2D eigenvalue weighted by molar-refractivity contribution is 0.286. The zero-order valence-electron chi connectivity index (χ0n) is 13.3. The first kappa shape index (κ1) is 17.6. The van der Waals surface area contributed by atoms with Crippen molar-refractivity contribution in [3.05, 3.63) is 55.8 Å². The van der Waals surface area contributed by atoms with Crippen LogP contribution in [0.3, 0.4) is 0 Å². The summed E-state index contributed by atoms with van der Waals surface area (Å²) in [5.41, 5.74) is 6.84. The highest BCUT2D eigenvalue weighted by atomic mass is 79.9. The molecule has 0 amide bonds. The Bertz CT molecular complexity index is 775. The fourth-order valence-corrected chi connectivity index (χ4v) is 2.76. The molecular weight excluding hydrogens is 365 g/mol. The first-order valence-corrected chi connectivity index (χ1v) is 8.03. The van der Waals surface area contributed by atoms with E-state index in [-0.39, 0.29) is 40.9 Å². The lowest BCUT2D eigenvalue weighted by Gasteiger charge is -2.16. The van der Waals surface area contributed by atoms with E-state index in [1.165, 1.54) is 12.1 Å². The van der Waals surface area contributed by atoms with E-state index < -0.39 is 0 Å². The SMILES string of the molecule is Cc1nc(OCc2ccc(F)cc2CN)c(Br)c(=O)n1C(C)C. The van der Waals surface area contributed by atoms with Gasteiger partial charge in [-0.25, -0.2) is 4.39 Å². The van der Waals surface area contributed by atoms with Crippen molar-refractivity contribution in [3.63, 3.8) is 0 Å². The summed E-state index contributed by atoms with van der Waals surface area (Å²) in [5, 5.41) is 0. The Morgan fingerprint density at radius 3 is 2.70 bits per heavy atom. The molecule has 0 bridgehead atoms. The van der Waals surface area contributed by atoms with E-state index in [2.05, 4.69) is 20.9 Å². The third-order valence-electron chi connectivity index (χ3n) is 3.48. The molecule has 0 spiro atoms. The average Bonchev–Trinajstić information content (AvgIpc) is 2.50. The molecule has 0 aliphatic carbocycles. The van der Waals surface area contributed by atoms with Gasteiger partial charge in [-0.1, -0.05) is 6.07 Å². The smallest absolute Gasteiger partial charge is 0.272 e. The van der Waals surface area contributed by atoms with Crippen molar-refractivity contribution >= 4 is 15.9 Å². The van der Waals surface area contributed by atoms with Crippen molar-refractivity contribution in [2.45, 2.75) is 40.0 Å². The molecule has 0 unspecified atom stereocenters. The van der Waals surface area contributed by atoms with Crippen molar-refractivity contribution in [1.29, 1.82) is 0 Å². The molecule has 2 N–H and O–H groups in total. The largest absolute Gasteiger partial charge is 0.472 e. The normalized spacial score (nSPS) is 11.1. The predicted octanol–water partition coefficient (Wildman–Crippen LogP) is 3.07. The van der Waals surface area contributed by atoms with Crippen LogP contribution in [0.25, 0.3) is 0 Å². The first-order chi connectivity index (χ1) is 10.8. The molecule has 0 radical (unpaired) electrons. The van der Waals surface area contributed by atoms with Crippen LogP contribution in [0.15, 0.2) is 27.5 Å². The molecule has 0 fully saturated rings. The van der Waals surface area contributed by atoms with Gasteiger partial charge in [0.05, 0.1) is 0 Å². The minimum atomic E-state index is -0.344. The zero-order chi connectivity index (χ0) is 17.1. The van der Waals surface area contributed by atoms with E-state index >= 15 is 0 Å². The minimum absolute atomic E-state index is 0.00120. The number of aromatic nitrogens is 2. The second-order valence-electron chi connectivity index (χ2n) is 5.45. The number of aryl methyl sites for hydroxylation is 1. The van der Waals surface area contributed by atoms with Crippen LogP contribution in [-0.4, -0.2) is 9.55 Å². The number of rotatable bonds is 5. The predicted molar refractivity (Wildman–Crippen MR) is 89.9 cm³/mol. The van der Waals surface area contributed by atoms with E-state index in [0.717, 1.165) is 5.56 Å². The van der Waals surface area contributed by atoms with Crippen LogP contribution in [-0.2, 0) is 13.2 Å². The summed E-state index contributed by atoms with van der Waals surface area (Å²) in [5.74, 6) is 0.446. The van der Waals surface area contributed by atoms with E-state index in [0.29, 0.717) is 11.4 Å². The maximum Gasteiger partial charge on any atom is 0.272 e. The molecule has 7 heteroatoms. The Kier molecular flexibility index (Phi) is 5.54. The van der Waals surface area contributed by atoms with E-state index in [1.54, 1.807) is 17.6 Å². The van der Waals surface area contributed by atoms with Crippen LogP contribution in [0.2, 0.25) is 0 Å². The average molecular weight is 384 g/mol. The molecule has 1 aromatic heterocycles. The number of nitrogens with zero attached hydrogens (tertiary/aromatic N) is 2. The third-order valence-corrected chi connectivity index (χ3v) is 4.15. The first-order valence-electron chi connectivity index (χ1n) is 7.24. The number of ether oxygens (including phenoxy) is 1. The molecule has 5 nitrogen and oxygen atoms in total. The molecular formula is C16H19BrFN3O2. The maximum absolute atomic E-state index is 13.2. The number of halogens is 2. The minimum Gasteiger partial charge on any atom is -0.472 e. The molecule has 0 aliphatic heterocycles. The van der Waals surface area contributed by atoms with Crippen LogP contribution in [0.4, 0.5) is 4.39 Å². The molecule has 1 heterocycles. The molecule has 0 aliphatic rings. The summed E-state index contributed by atoms with van der Waals surface area (Å²) in [7, 11) is 0. The van der Waals surface area contributed by atoms with Crippen LogP contribution in [0.1, 0.15) is 36.8 Å². The number of nitrogens with two attached hydrogens (primary N) is 1. The van der Waals surface area contributed by atoms with E-state index in [4.69, 9.17) is 10.5 Å². The van der Waals surface area contributed by atoms with Crippen molar-refractivity contribution < 1.29 is 9.13 Å². The monoisotopic (exact) mass is 383 g/mol. The van der Waals surface area contributed by atoms with E-state index in [1.807, 2.05) is 13.8 Å². The fraction of sp³-hybridized carbons (Fsp3) is 0.375. The number of benzene rings is 1. The second-order valence-corrected chi connectivity index (χ2v) is 6.25. The van der Waals surface area contributed by atoms with Gasteiger partial charge in [-0.3, -0.25) is 9.36 Å². The topological polar surface area (TPSA) is 70.1 Å². The van der Waals surface area contributed by atoms with Gasteiger partial charge in [0.25, 0.3) is 5.56 Å². The summed E-state index contributed by atoms with van der Waals surface area (Å²) in [6, 6.07) is 4.35. The molecule has 23 heavy (non-hydrogen) atoms. The summed E-state index contributed by atoms with van der Waals surface area (Å²) in [6.45, 7) is 5.94. The van der Waals surface area contributed by atoms with Crippen molar-refractivity contribution in [3.8, 4) is 5.88 Å². The third kappa shape index (κ3) is 3.79. The van der Waals surface area contributed by atoms with Gasteiger partial charge in [0, 0.05) is 12.6 Å². The van der Waals surface area contributed by atoms with Crippen molar-refractivity contribution in [2.24, 2.45) is 5.73 Å². The van der Waals surface area contributed by atoms with E-state index in [9.17, 15) is 9.18 Å². The molecule has 0 saturated carbocycles. The Morgan fingerprint density at radius 1 is 1.39 bits per heavy atom. The summed E-state index contributed by atoms with van der Waals surface area (Å²) < 4.78 is 20.7. The Hall–Kier alpha value is -1.73. The van der Waals surface area contributed by atoms with Crippen LogP contribution >= 0.6 is 15.9 Å². The molecule has 1 aromatic carbocycles. The summed E-state index contributed by atoms with van der Waals surface area (Å²) in [4.78, 5) is 16.7. The van der Waals surface area contributed by atoms with Gasteiger partial charge in [-0.15, -0.1) is 0 Å². The van der Waals surface area contributed by atoms with Crippen LogP contribution < -0.4 is 16.0 Å². The summed E-state index contributed by atoms with van der Waals surface area (Å²) in [6.07, 6.45) is 0. The highest BCUT2D eigenvalue weighted by Crippen LogP contribution is 2.22.